The second-order valence-corrected chi connectivity index (χ2v) is 4.63. The van der Waals surface area contributed by atoms with E-state index in [9.17, 15) is 9.59 Å². The van der Waals surface area contributed by atoms with Gasteiger partial charge in [0.1, 0.15) is 25.4 Å². The first kappa shape index (κ1) is 21.3. The molecule has 0 aromatic rings. The molecule has 0 aromatic carbocycles. The lowest BCUT2D eigenvalue weighted by atomic mass is 10.3. The molecule has 0 bridgehead atoms. The van der Waals surface area contributed by atoms with E-state index in [1.165, 1.54) is 13.8 Å². The van der Waals surface area contributed by atoms with Crippen molar-refractivity contribution in [2.75, 3.05) is 39.6 Å². The molecule has 7 nitrogen and oxygen atoms in total. The maximum atomic E-state index is 10.9. The van der Waals surface area contributed by atoms with Crippen LogP contribution in [0.15, 0.2) is 25.3 Å². The van der Waals surface area contributed by atoms with Gasteiger partial charge < -0.3 is 23.7 Å². The van der Waals surface area contributed by atoms with Crippen LogP contribution in [0, 0.1) is 0 Å². The highest BCUT2D eigenvalue weighted by Gasteiger charge is 2.15. The number of esters is 2. The second kappa shape index (κ2) is 13.9. The summed E-state index contributed by atoms with van der Waals surface area (Å²) in [7, 11) is 0. The molecule has 0 N–H and O–H groups in total. The third-order valence-corrected chi connectivity index (χ3v) is 2.45. The third-order valence-electron chi connectivity index (χ3n) is 2.45. The van der Waals surface area contributed by atoms with E-state index in [2.05, 4.69) is 13.2 Å². The normalized spacial score (nSPS) is 13.0. The summed E-state index contributed by atoms with van der Waals surface area (Å²) in [6, 6.07) is 0. The Hall–Kier alpha value is -1.70. The van der Waals surface area contributed by atoms with Gasteiger partial charge in [-0.1, -0.05) is 12.2 Å². The van der Waals surface area contributed by atoms with Gasteiger partial charge in [-0.05, 0) is 0 Å². The van der Waals surface area contributed by atoms with E-state index in [-0.39, 0.29) is 38.4 Å². The second-order valence-electron chi connectivity index (χ2n) is 4.63. The first-order valence-corrected chi connectivity index (χ1v) is 7.29. The molecular formula is C16H26O7. The molecule has 0 radical (unpaired) electrons. The Labute approximate surface area is 137 Å². The van der Waals surface area contributed by atoms with E-state index in [0.717, 1.165) is 0 Å². The van der Waals surface area contributed by atoms with Crippen molar-refractivity contribution in [2.45, 2.75) is 26.1 Å². The van der Waals surface area contributed by atoms with Crippen LogP contribution in [0.4, 0.5) is 0 Å². The summed E-state index contributed by atoms with van der Waals surface area (Å²) in [5, 5.41) is 0. The SMILES string of the molecule is C=CCOC(COCC(COC(C)=O)OCC=C)COC(C)=O. The van der Waals surface area contributed by atoms with Crippen LogP contribution >= 0.6 is 0 Å². The van der Waals surface area contributed by atoms with Crippen molar-refractivity contribution in [3.05, 3.63) is 25.3 Å². The van der Waals surface area contributed by atoms with Crippen LogP contribution < -0.4 is 0 Å². The van der Waals surface area contributed by atoms with Gasteiger partial charge in [0, 0.05) is 13.8 Å². The standard InChI is InChI=1S/C16H26O7/c1-5-7-20-15(11-22-13(3)17)9-19-10-16(21-8-6-2)12-23-14(4)18/h5-6,15-16H,1-2,7-12H2,3-4H3. The summed E-state index contributed by atoms with van der Waals surface area (Å²) < 4.78 is 26.2. The van der Waals surface area contributed by atoms with Crippen LogP contribution in [0.3, 0.4) is 0 Å². The topological polar surface area (TPSA) is 80.3 Å². The molecular weight excluding hydrogens is 304 g/mol. The molecule has 0 aliphatic rings. The van der Waals surface area contributed by atoms with E-state index in [4.69, 9.17) is 23.7 Å². The van der Waals surface area contributed by atoms with Crippen LogP contribution in [0.25, 0.3) is 0 Å². The van der Waals surface area contributed by atoms with E-state index in [1.807, 2.05) is 0 Å². The molecule has 0 rings (SSSR count). The van der Waals surface area contributed by atoms with Gasteiger partial charge in [0.05, 0.1) is 26.4 Å². The molecule has 132 valence electrons. The van der Waals surface area contributed by atoms with Gasteiger partial charge in [0.15, 0.2) is 0 Å². The van der Waals surface area contributed by atoms with Gasteiger partial charge in [0.2, 0.25) is 0 Å². The van der Waals surface area contributed by atoms with Gasteiger partial charge in [-0.3, -0.25) is 9.59 Å². The first-order chi connectivity index (χ1) is 11.0. The lowest BCUT2D eigenvalue weighted by molar-refractivity contribution is -0.149. The summed E-state index contributed by atoms with van der Waals surface area (Å²) in [6.45, 7) is 11.0. The Morgan fingerprint density at radius 2 is 1.22 bits per heavy atom. The van der Waals surface area contributed by atoms with Crippen molar-refractivity contribution < 1.29 is 33.3 Å². The van der Waals surface area contributed by atoms with E-state index in [0.29, 0.717) is 13.2 Å². The Balaban J connectivity index is 4.23. The van der Waals surface area contributed by atoms with Crippen LogP contribution in [-0.4, -0.2) is 63.8 Å². The van der Waals surface area contributed by atoms with Crippen molar-refractivity contribution in [1.82, 2.24) is 0 Å². The Morgan fingerprint density at radius 3 is 1.52 bits per heavy atom. The minimum atomic E-state index is -0.411. The predicted molar refractivity (Wildman–Crippen MR) is 84.0 cm³/mol. The average molecular weight is 330 g/mol. The monoisotopic (exact) mass is 330 g/mol. The third kappa shape index (κ3) is 13.7. The van der Waals surface area contributed by atoms with Crippen molar-refractivity contribution in [2.24, 2.45) is 0 Å². The zero-order valence-electron chi connectivity index (χ0n) is 13.8. The number of carbonyl (C=O) groups is 2. The highest BCUT2D eigenvalue weighted by molar-refractivity contribution is 5.66. The van der Waals surface area contributed by atoms with Crippen molar-refractivity contribution >= 4 is 11.9 Å². The molecule has 0 aliphatic carbocycles. The van der Waals surface area contributed by atoms with Crippen molar-refractivity contribution in [3.8, 4) is 0 Å². The summed E-state index contributed by atoms with van der Waals surface area (Å²) in [5.74, 6) is -0.779. The highest BCUT2D eigenvalue weighted by atomic mass is 16.6. The molecule has 2 atom stereocenters. The van der Waals surface area contributed by atoms with Gasteiger partial charge in [-0.2, -0.15) is 0 Å². The molecule has 0 saturated carbocycles. The maximum Gasteiger partial charge on any atom is 0.302 e. The fraction of sp³-hybridized carbons (Fsp3) is 0.625. The summed E-state index contributed by atoms with van der Waals surface area (Å²) in [4.78, 5) is 21.7. The van der Waals surface area contributed by atoms with Gasteiger partial charge in [0.25, 0.3) is 0 Å². The molecule has 2 unspecified atom stereocenters. The van der Waals surface area contributed by atoms with Gasteiger partial charge >= 0.3 is 11.9 Å². The maximum absolute atomic E-state index is 10.9. The van der Waals surface area contributed by atoms with Crippen LogP contribution in [-0.2, 0) is 33.3 Å². The molecule has 0 aliphatic heterocycles. The molecule has 0 fully saturated rings. The molecule has 0 amide bonds. The number of hydrogen-bond acceptors (Lipinski definition) is 7. The zero-order chi connectivity index (χ0) is 17.5. The molecule has 0 heterocycles. The lowest BCUT2D eigenvalue weighted by Gasteiger charge is -2.20. The smallest absolute Gasteiger partial charge is 0.302 e. The number of rotatable bonds is 14. The Bertz CT molecular complexity index is 333. The Kier molecular flexibility index (Phi) is 12.9. The molecule has 23 heavy (non-hydrogen) atoms. The quantitative estimate of drug-likeness (QED) is 0.350. The van der Waals surface area contributed by atoms with Gasteiger partial charge in [-0.25, -0.2) is 0 Å². The molecule has 0 spiro atoms. The van der Waals surface area contributed by atoms with E-state index < -0.39 is 12.2 Å². The lowest BCUT2D eigenvalue weighted by Crippen LogP contribution is -2.31. The Morgan fingerprint density at radius 1 is 0.826 bits per heavy atom. The van der Waals surface area contributed by atoms with Crippen LogP contribution in [0.2, 0.25) is 0 Å². The summed E-state index contributed by atoms with van der Waals surface area (Å²) >= 11 is 0. The molecule has 0 aromatic heterocycles. The summed E-state index contributed by atoms with van der Waals surface area (Å²) in [6.07, 6.45) is 2.37. The van der Waals surface area contributed by atoms with Crippen LogP contribution in [0.5, 0.6) is 0 Å². The number of carbonyl (C=O) groups excluding carboxylic acids is 2. The fourth-order valence-corrected chi connectivity index (χ4v) is 1.45. The van der Waals surface area contributed by atoms with E-state index >= 15 is 0 Å². The largest absolute Gasteiger partial charge is 0.463 e. The number of ether oxygens (including phenoxy) is 5. The predicted octanol–water partition coefficient (Wildman–Crippen LogP) is 1.27. The molecule has 0 saturated heterocycles. The molecule has 7 heteroatoms. The fourth-order valence-electron chi connectivity index (χ4n) is 1.45. The van der Waals surface area contributed by atoms with E-state index in [1.54, 1.807) is 12.2 Å². The van der Waals surface area contributed by atoms with Gasteiger partial charge in [-0.15, -0.1) is 13.2 Å². The van der Waals surface area contributed by atoms with Crippen molar-refractivity contribution in [3.63, 3.8) is 0 Å². The minimum absolute atomic E-state index is 0.0886. The van der Waals surface area contributed by atoms with Crippen LogP contribution in [0.1, 0.15) is 13.8 Å². The zero-order valence-corrected chi connectivity index (χ0v) is 13.8. The average Bonchev–Trinajstić information content (AvgIpc) is 2.50. The summed E-state index contributed by atoms with van der Waals surface area (Å²) in [5.41, 5.74) is 0. The van der Waals surface area contributed by atoms with Crippen molar-refractivity contribution in [1.29, 1.82) is 0 Å². The first-order valence-electron chi connectivity index (χ1n) is 7.29. The minimum Gasteiger partial charge on any atom is -0.463 e. The highest BCUT2D eigenvalue weighted by Crippen LogP contribution is 2.01. The number of hydrogen-bond donors (Lipinski definition) is 0.